The molecule has 0 radical (unpaired) electrons. The second kappa shape index (κ2) is 6.57. The zero-order chi connectivity index (χ0) is 17.4. The maximum absolute atomic E-state index is 12.8. The fourth-order valence-electron chi connectivity index (χ4n) is 3.66. The Hall–Kier alpha value is -1.66. The predicted molar refractivity (Wildman–Crippen MR) is 96.7 cm³/mol. The average molecular weight is 359 g/mol. The van der Waals surface area contributed by atoms with E-state index in [2.05, 4.69) is 16.5 Å². The van der Waals surface area contributed by atoms with Gasteiger partial charge in [-0.2, -0.15) is 4.31 Å². The van der Waals surface area contributed by atoms with Crippen LogP contribution in [0.1, 0.15) is 30.8 Å². The van der Waals surface area contributed by atoms with Crippen LogP contribution >= 0.6 is 0 Å². The van der Waals surface area contributed by atoms with Gasteiger partial charge in [0.2, 0.25) is 10.0 Å². The number of benzene rings is 1. The summed E-state index contributed by atoms with van der Waals surface area (Å²) in [6, 6.07) is 8.74. The molecule has 1 saturated carbocycles. The lowest BCUT2D eigenvalue weighted by Gasteiger charge is -2.17. The van der Waals surface area contributed by atoms with E-state index in [9.17, 15) is 8.42 Å². The summed E-state index contributed by atoms with van der Waals surface area (Å²) < 4.78 is 29.5. The molecule has 2 aromatic rings. The van der Waals surface area contributed by atoms with Gasteiger partial charge in [-0.1, -0.05) is 18.2 Å². The Bertz CT molecular complexity index is 841. The fraction of sp³-hybridized carbons (Fsp3) is 0.526. The normalized spacial score (nSPS) is 21.7. The molecule has 1 atom stereocenters. The minimum absolute atomic E-state index is 0.346. The largest absolute Gasteiger partial charge is 0.332 e. The van der Waals surface area contributed by atoms with Crippen molar-refractivity contribution >= 4 is 10.0 Å². The van der Waals surface area contributed by atoms with Crippen LogP contribution in [0.15, 0.2) is 41.4 Å². The molecule has 1 aromatic heterocycles. The first-order valence-corrected chi connectivity index (χ1v) is 10.5. The molecule has 134 valence electrons. The molecular weight excluding hydrogens is 334 g/mol. The molecule has 5 nitrogen and oxygen atoms in total. The molecule has 2 aliphatic rings. The fourth-order valence-corrected chi connectivity index (χ4v) is 5.22. The molecule has 2 fully saturated rings. The molecule has 25 heavy (non-hydrogen) atoms. The third kappa shape index (κ3) is 3.51. The van der Waals surface area contributed by atoms with Gasteiger partial charge in [-0.05, 0) is 50.2 Å². The average Bonchev–Trinajstić information content (AvgIpc) is 3.20. The van der Waals surface area contributed by atoms with Crippen molar-refractivity contribution in [3.05, 3.63) is 48.0 Å². The number of hydrogen-bond donors (Lipinski definition) is 0. The summed E-state index contributed by atoms with van der Waals surface area (Å²) in [5.74, 6) is 2.27. The maximum atomic E-state index is 12.8. The Kier molecular flexibility index (Phi) is 4.41. The number of rotatable bonds is 6. The molecule has 0 bridgehead atoms. The van der Waals surface area contributed by atoms with Crippen LogP contribution in [0.5, 0.6) is 0 Å². The number of aryl methyl sites for hydroxylation is 1. The van der Waals surface area contributed by atoms with Gasteiger partial charge >= 0.3 is 0 Å². The second-order valence-electron chi connectivity index (χ2n) is 7.40. The lowest BCUT2D eigenvalue weighted by molar-refractivity contribution is 0.448. The summed E-state index contributed by atoms with van der Waals surface area (Å²) in [6.45, 7) is 4.37. The summed E-state index contributed by atoms with van der Waals surface area (Å²) in [6.07, 6.45) is 6.36. The first-order valence-electron chi connectivity index (χ1n) is 9.10. The summed E-state index contributed by atoms with van der Waals surface area (Å²) >= 11 is 0. The van der Waals surface area contributed by atoms with Crippen LogP contribution in [0.4, 0.5) is 0 Å². The third-order valence-corrected chi connectivity index (χ3v) is 7.26. The van der Waals surface area contributed by atoms with E-state index in [1.807, 2.05) is 12.3 Å². The molecule has 1 aliphatic carbocycles. The van der Waals surface area contributed by atoms with Crippen molar-refractivity contribution in [1.29, 1.82) is 0 Å². The highest BCUT2D eigenvalue weighted by Gasteiger charge is 2.33. The van der Waals surface area contributed by atoms with Crippen LogP contribution in [-0.4, -0.2) is 35.4 Å². The van der Waals surface area contributed by atoms with Crippen LogP contribution in [0.3, 0.4) is 0 Å². The minimum Gasteiger partial charge on any atom is -0.332 e. The predicted octanol–water partition coefficient (Wildman–Crippen LogP) is 2.85. The van der Waals surface area contributed by atoms with Gasteiger partial charge in [0.1, 0.15) is 5.82 Å². The van der Waals surface area contributed by atoms with Gasteiger partial charge in [-0.25, -0.2) is 13.4 Å². The van der Waals surface area contributed by atoms with Gasteiger partial charge in [0.05, 0.1) is 4.90 Å². The highest BCUT2D eigenvalue weighted by molar-refractivity contribution is 7.89. The molecule has 0 unspecified atom stereocenters. The van der Waals surface area contributed by atoms with Crippen LogP contribution in [0, 0.1) is 18.8 Å². The molecule has 1 saturated heterocycles. The van der Waals surface area contributed by atoms with Crippen molar-refractivity contribution < 1.29 is 8.42 Å². The van der Waals surface area contributed by atoms with Crippen molar-refractivity contribution in [3.8, 4) is 0 Å². The number of sulfonamides is 1. The zero-order valence-corrected chi connectivity index (χ0v) is 15.5. The third-order valence-electron chi connectivity index (χ3n) is 5.38. The van der Waals surface area contributed by atoms with E-state index < -0.39 is 10.0 Å². The van der Waals surface area contributed by atoms with Gasteiger partial charge in [0, 0.05) is 37.9 Å². The number of imidazole rings is 1. The van der Waals surface area contributed by atoms with E-state index in [0.717, 1.165) is 31.1 Å². The Morgan fingerprint density at radius 1 is 1.12 bits per heavy atom. The monoisotopic (exact) mass is 359 g/mol. The number of aromatic nitrogens is 2. The summed E-state index contributed by atoms with van der Waals surface area (Å²) in [5, 5.41) is 0. The van der Waals surface area contributed by atoms with Gasteiger partial charge < -0.3 is 4.57 Å². The molecule has 0 spiro atoms. The lowest BCUT2D eigenvalue weighted by Crippen LogP contribution is -2.29. The smallest absolute Gasteiger partial charge is 0.243 e. The van der Waals surface area contributed by atoms with E-state index in [-0.39, 0.29) is 0 Å². The summed E-state index contributed by atoms with van der Waals surface area (Å²) in [7, 11) is -3.37. The quantitative estimate of drug-likeness (QED) is 0.797. The van der Waals surface area contributed by atoms with Crippen molar-refractivity contribution in [1.82, 2.24) is 13.9 Å². The molecule has 2 heterocycles. The van der Waals surface area contributed by atoms with Crippen LogP contribution < -0.4 is 0 Å². The second-order valence-corrected chi connectivity index (χ2v) is 9.34. The van der Waals surface area contributed by atoms with E-state index in [1.165, 1.54) is 18.5 Å². The van der Waals surface area contributed by atoms with Crippen LogP contribution in [0.2, 0.25) is 0 Å². The molecule has 0 N–H and O–H groups in total. The highest BCUT2D eigenvalue weighted by Crippen LogP contribution is 2.32. The van der Waals surface area contributed by atoms with E-state index in [4.69, 9.17) is 0 Å². The van der Waals surface area contributed by atoms with Crippen molar-refractivity contribution in [2.75, 3.05) is 13.1 Å². The molecule has 4 rings (SSSR count). The molecule has 0 amide bonds. The first kappa shape index (κ1) is 16.8. The number of hydrogen-bond acceptors (Lipinski definition) is 3. The molecular formula is C19H25N3O2S. The molecule has 6 heteroatoms. The van der Waals surface area contributed by atoms with E-state index in [1.54, 1.807) is 28.6 Å². The standard InChI is InChI=1S/C19H25N3O2S/c1-15-12-20-19(22(15)14-16-7-8-16)11-17-9-10-21(13-17)25(23,24)18-5-3-2-4-6-18/h2-6,12,16-17H,7-11,13-14H2,1H3/t17-/m1/s1. The molecule has 1 aliphatic heterocycles. The Morgan fingerprint density at radius 3 is 2.60 bits per heavy atom. The maximum Gasteiger partial charge on any atom is 0.243 e. The Labute approximate surface area is 149 Å². The van der Waals surface area contributed by atoms with Crippen LogP contribution in [-0.2, 0) is 23.0 Å². The van der Waals surface area contributed by atoms with E-state index >= 15 is 0 Å². The van der Waals surface area contributed by atoms with Gasteiger partial charge in [0.25, 0.3) is 0 Å². The Balaban J connectivity index is 1.45. The van der Waals surface area contributed by atoms with Gasteiger partial charge in [-0.15, -0.1) is 0 Å². The van der Waals surface area contributed by atoms with Crippen LogP contribution in [0.25, 0.3) is 0 Å². The van der Waals surface area contributed by atoms with Gasteiger partial charge in [0.15, 0.2) is 0 Å². The topological polar surface area (TPSA) is 55.2 Å². The van der Waals surface area contributed by atoms with Crippen molar-refractivity contribution in [2.24, 2.45) is 11.8 Å². The van der Waals surface area contributed by atoms with Crippen molar-refractivity contribution in [3.63, 3.8) is 0 Å². The summed E-state index contributed by atoms with van der Waals surface area (Å²) in [4.78, 5) is 4.99. The minimum atomic E-state index is -3.37. The van der Waals surface area contributed by atoms with Gasteiger partial charge in [-0.3, -0.25) is 0 Å². The number of nitrogens with zero attached hydrogens (tertiary/aromatic N) is 3. The van der Waals surface area contributed by atoms with E-state index in [0.29, 0.717) is 23.9 Å². The summed E-state index contributed by atoms with van der Waals surface area (Å²) in [5.41, 5.74) is 1.22. The Morgan fingerprint density at radius 2 is 1.88 bits per heavy atom. The first-order chi connectivity index (χ1) is 12.0. The van der Waals surface area contributed by atoms with Crippen molar-refractivity contribution in [2.45, 2.75) is 44.0 Å². The SMILES string of the molecule is Cc1cnc(C[C@H]2CCN(S(=O)(=O)c3ccccc3)C2)n1CC1CC1. The highest BCUT2D eigenvalue weighted by atomic mass is 32.2. The lowest BCUT2D eigenvalue weighted by atomic mass is 10.0. The molecule has 1 aromatic carbocycles. The zero-order valence-electron chi connectivity index (χ0n) is 14.6.